The number of rotatable bonds is 12. The molecule has 172 valence electrons. The standard InChI is InChI=1S/C23H40N4O2.HI/c1-4-24-22(25-15-9-10-16-28-5-2)26-19-23(13-17-29-18-14-23)27-20(3)21-11-7-6-8-12-21;/h6-8,11-12,20,27H,4-5,9-10,13-19H2,1-3H3,(H2,24,25,26);1H. The molecule has 0 bridgehead atoms. The van der Waals surface area contributed by atoms with Crippen molar-refractivity contribution >= 4 is 29.9 Å². The SMILES string of the molecule is CCNC(=NCC1(NC(C)c2ccccc2)CCOCC1)NCCCCOCC.I. The van der Waals surface area contributed by atoms with E-state index < -0.39 is 0 Å². The van der Waals surface area contributed by atoms with Crippen molar-refractivity contribution in [3.63, 3.8) is 0 Å². The molecule has 3 N–H and O–H groups in total. The average Bonchev–Trinajstić information content (AvgIpc) is 2.75. The van der Waals surface area contributed by atoms with E-state index in [0.29, 0.717) is 0 Å². The highest BCUT2D eigenvalue weighted by atomic mass is 127. The van der Waals surface area contributed by atoms with E-state index in [2.05, 4.69) is 60.1 Å². The minimum Gasteiger partial charge on any atom is -0.382 e. The summed E-state index contributed by atoms with van der Waals surface area (Å²) in [7, 11) is 0. The molecule has 1 heterocycles. The third-order valence-corrected chi connectivity index (χ3v) is 5.37. The summed E-state index contributed by atoms with van der Waals surface area (Å²) in [5.41, 5.74) is 1.27. The Hall–Kier alpha value is -0.900. The van der Waals surface area contributed by atoms with E-state index in [4.69, 9.17) is 14.5 Å². The topological polar surface area (TPSA) is 66.9 Å². The predicted octanol–water partition coefficient (Wildman–Crippen LogP) is 3.88. The number of ether oxygens (including phenoxy) is 2. The van der Waals surface area contributed by atoms with Gasteiger partial charge in [-0.2, -0.15) is 0 Å². The van der Waals surface area contributed by atoms with Gasteiger partial charge < -0.3 is 25.4 Å². The first-order valence-electron chi connectivity index (χ1n) is 11.2. The van der Waals surface area contributed by atoms with Crippen LogP contribution in [0.1, 0.15) is 58.1 Å². The number of hydrogen-bond donors (Lipinski definition) is 3. The minimum atomic E-state index is -0.0369. The number of benzene rings is 1. The number of halogens is 1. The van der Waals surface area contributed by atoms with Crippen LogP contribution in [0.2, 0.25) is 0 Å². The lowest BCUT2D eigenvalue weighted by Crippen LogP contribution is -2.53. The Morgan fingerprint density at radius 1 is 1.13 bits per heavy atom. The molecule has 1 atom stereocenters. The second-order valence-corrected chi connectivity index (χ2v) is 7.70. The summed E-state index contributed by atoms with van der Waals surface area (Å²) in [6.45, 7) is 12.1. The van der Waals surface area contributed by atoms with Crippen molar-refractivity contribution in [2.45, 2.75) is 58.0 Å². The van der Waals surface area contributed by atoms with Gasteiger partial charge in [-0.1, -0.05) is 30.3 Å². The van der Waals surface area contributed by atoms with Crippen molar-refractivity contribution in [3.8, 4) is 0 Å². The molecule has 1 aromatic rings. The zero-order valence-electron chi connectivity index (χ0n) is 18.9. The quantitative estimate of drug-likeness (QED) is 0.165. The van der Waals surface area contributed by atoms with Crippen LogP contribution in [0.25, 0.3) is 0 Å². The summed E-state index contributed by atoms with van der Waals surface area (Å²) >= 11 is 0. The van der Waals surface area contributed by atoms with Crippen molar-refractivity contribution in [2.75, 3.05) is 46.1 Å². The van der Waals surface area contributed by atoms with E-state index in [0.717, 1.165) is 77.7 Å². The first-order valence-corrected chi connectivity index (χ1v) is 11.2. The monoisotopic (exact) mass is 532 g/mol. The third kappa shape index (κ3) is 9.94. The fourth-order valence-electron chi connectivity index (χ4n) is 3.65. The molecule has 0 aliphatic carbocycles. The van der Waals surface area contributed by atoms with Gasteiger partial charge in [0.2, 0.25) is 0 Å². The van der Waals surface area contributed by atoms with Crippen LogP contribution in [0, 0.1) is 0 Å². The van der Waals surface area contributed by atoms with Crippen LogP contribution < -0.4 is 16.0 Å². The molecule has 6 nitrogen and oxygen atoms in total. The molecule has 2 rings (SSSR count). The fourth-order valence-corrected chi connectivity index (χ4v) is 3.65. The Balaban J connectivity index is 0.00000450. The molecular formula is C23H41IN4O2. The van der Waals surface area contributed by atoms with Gasteiger partial charge in [0.1, 0.15) is 0 Å². The molecule has 1 aliphatic heterocycles. The van der Waals surface area contributed by atoms with E-state index in [1.54, 1.807) is 0 Å². The highest BCUT2D eigenvalue weighted by Gasteiger charge is 2.34. The lowest BCUT2D eigenvalue weighted by atomic mass is 9.88. The zero-order chi connectivity index (χ0) is 20.8. The van der Waals surface area contributed by atoms with Gasteiger partial charge in [-0.3, -0.25) is 4.99 Å². The Morgan fingerprint density at radius 3 is 2.53 bits per heavy atom. The van der Waals surface area contributed by atoms with E-state index >= 15 is 0 Å². The van der Waals surface area contributed by atoms with Crippen molar-refractivity contribution in [3.05, 3.63) is 35.9 Å². The number of nitrogens with zero attached hydrogens (tertiary/aromatic N) is 1. The molecule has 1 fully saturated rings. The molecule has 1 unspecified atom stereocenters. The highest BCUT2D eigenvalue weighted by Crippen LogP contribution is 2.26. The van der Waals surface area contributed by atoms with E-state index in [1.165, 1.54) is 5.56 Å². The molecule has 1 aromatic carbocycles. The van der Waals surface area contributed by atoms with Crippen LogP contribution in [-0.2, 0) is 9.47 Å². The second kappa shape index (κ2) is 15.8. The van der Waals surface area contributed by atoms with Crippen LogP contribution in [-0.4, -0.2) is 57.6 Å². The summed E-state index contributed by atoms with van der Waals surface area (Å²) in [6.07, 6.45) is 4.09. The summed E-state index contributed by atoms with van der Waals surface area (Å²) in [4.78, 5) is 4.94. The van der Waals surface area contributed by atoms with Gasteiger partial charge in [0.05, 0.1) is 6.54 Å². The van der Waals surface area contributed by atoms with Gasteiger partial charge in [0.15, 0.2) is 5.96 Å². The van der Waals surface area contributed by atoms with E-state index in [1.807, 2.05) is 6.92 Å². The molecule has 0 aromatic heterocycles. The van der Waals surface area contributed by atoms with Crippen molar-refractivity contribution in [1.82, 2.24) is 16.0 Å². The lowest BCUT2D eigenvalue weighted by Gasteiger charge is -2.39. The van der Waals surface area contributed by atoms with Crippen LogP contribution in [0.3, 0.4) is 0 Å². The normalized spacial score (nSPS) is 17.1. The van der Waals surface area contributed by atoms with Gasteiger partial charge in [-0.05, 0) is 52.0 Å². The molecular weight excluding hydrogens is 491 g/mol. The second-order valence-electron chi connectivity index (χ2n) is 7.70. The lowest BCUT2D eigenvalue weighted by molar-refractivity contribution is 0.0374. The maximum Gasteiger partial charge on any atom is 0.191 e. The van der Waals surface area contributed by atoms with Crippen LogP contribution in [0.15, 0.2) is 35.3 Å². The Labute approximate surface area is 200 Å². The zero-order valence-corrected chi connectivity index (χ0v) is 21.2. The summed E-state index contributed by atoms with van der Waals surface area (Å²) in [6, 6.07) is 10.9. The summed E-state index contributed by atoms with van der Waals surface area (Å²) in [5.74, 6) is 0.893. The molecule has 7 heteroatoms. The van der Waals surface area contributed by atoms with Gasteiger partial charge in [0.25, 0.3) is 0 Å². The maximum atomic E-state index is 5.65. The Morgan fingerprint density at radius 2 is 1.87 bits per heavy atom. The number of guanidine groups is 1. The summed E-state index contributed by atoms with van der Waals surface area (Å²) in [5, 5.41) is 10.7. The average molecular weight is 533 g/mol. The van der Waals surface area contributed by atoms with Crippen molar-refractivity contribution in [1.29, 1.82) is 0 Å². The largest absolute Gasteiger partial charge is 0.382 e. The first kappa shape index (κ1) is 27.1. The number of hydrogen-bond acceptors (Lipinski definition) is 4. The first-order chi connectivity index (χ1) is 14.2. The number of aliphatic imine (C=N–C) groups is 1. The molecule has 30 heavy (non-hydrogen) atoms. The third-order valence-electron chi connectivity index (χ3n) is 5.37. The van der Waals surface area contributed by atoms with Gasteiger partial charge in [0, 0.05) is 51.1 Å². The van der Waals surface area contributed by atoms with Crippen LogP contribution in [0.4, 0.5) is 0 Å². The minimum absolute atomic E-state index is 0. The molecule has 0 radical (unpaired) electrons. The highest BCUT2D eigenvalue weighted by molar-refractivity contribution is 14.0. The number of nitrogens with one attached hydrogen (secondary N) is 3. The number of unbranched alkanes of at least 4 members (excludes halogenated alkanes) is 1. The van der Waals surface area contributed by atoms with Crippen molar-refractivity contribution < 1.29 is 9.47 Å². The molecule has 1 saturated heterocycles. The molecule has 0 spiro atoms. The summed E-state index contributed by atoms with van der Waals surface area (Å²) < 4.78 is 11.1. The Bertz CT molecular complexity index is 580. The van der Waals surface area contributed by atoms with E-state index in [9.17, 15) is 0 Å². The van der Waals surface area contributed by atoms with Gasteiger partial charge in [-0.25, -0.2) is 0 Å². The van der Waals surface area contributed by atoms with Crippen LogP contribution in [0.5, 0.6) is 0 Å². The van der Waals surface area contributed by atoms with Gasteiger partial charge >= 0.3 is 0 Å². The maximum absolute atomic E-state index is 5.65. The Kier molecular flexibility index (Phi) is 14.3. The van der Waals surface area contributed by atoms with E-state index in [-0.39, 0.29) is 35.6 Å². The van der Waals surface area contributed by atoms with Gasteiger partial charge in [-0.15, -0.1) is 24.0 Å². The predicted molar refractivity (Wildman–Crippen MR) is 136 cm³/mol. The fraction of sp³-hybridized carbons (Fsp3) is 0.696. The van der Waals surface area contributed by atoms with Crippen molar-refractivity contribution in [2.24, 2.45) is 4.99 Å². The molecule has 0 saturated carbocycles. The smallest absolute Gasteiger partial charge is 0.191 e. The van der Waals surface area contributed by atoms with Crippen LogP contribution >= 0.6 is 24.0 Å². The molecule has 0 amide bonds. The molecule has 1 aliphatic rings.